The molecule has 3 nitrogen and oxygen atoms in total. The standard InChI is InChI=1S/C70H68O3/c1-44(45-22-30-53(31-23-45)66(2,3)4)49-38-50(63(71)46-24-32-54(33-25-46)67(5,6)7)41-57(40-49)70(61-20-16-14-18-59(61)60-19-15-17-21-62(60)70)58-42-51(64(72)47-26-34-55(35-27-47)68(8,9)10)39-52(43-58)65(73)48-28-36-56(37-29-48)69(11,12)13/h14-43H,1H2,2-13H3. The van der Waals surface area contributed by atoms with Crippen molar-refractivity contribution >= 4 is 22.9 Å². The van der Waals surface area contributed by atoms with Gasteiger partial charge in [0.1, 0.15) is 0 Å². The lowest BCUT2D eigenvalue weighted by Gasteiger charge is -2.35. The van der Waals surface area contributed by atoms with Crippen molar-refractivity contribution in [3.05, 3.63) is 278 Å². The summed E-state index contributed by atoms with van der Waals surface area (Å²) in [5.41, 5.74) is 14.1. The van der Waals surface area contributed by atoms with Crippen LogP contribution in [0.3, 0.4) is 0 Å². The van der Waals surface area contributed by atoms with Gasteiger partial charge in [0.15, 0.2) is 17.3 Å². The second-order valence-corrected chi connectivity index (χ2v) is 24.2. The van der Waals surface area contributed by atoms with Crippen LogP contribution in [0.2, 0.25) is 0 Å². The average molecular weight is 957 g/mol. The summed E-state index contributed by atoms with van der Waals surface area (Å²) in [4.78, 5) is 45.6. The highest BCUT2D eigenvalue weighted by atomic mass is 16.1. The lowest BCUT2D eigenvalue weighted by atomic mass is 9.66. The molecule has 0 radical (unpaired) electrons. The molecule has 0 saturated heterocycles. The van der Waals surface area contributed by atoms with Gasteiger partial charge in [-0.1, -0.05) is 235 Å². The minimum absolute atomic E-state index is 0.0422. The summed E-state index contributed by atoms with van der Waals surface area (Å²) >= 11 is 0. The van der Waals surface area contributed by atoms with Crippen LogP contribution in [0.4, 0.5) is 0 Å². The van der Waals surface area contributed by atoms with Crippen molar-refractivity contribution in [1.82, 2.24) is 0 Å². The Labute approximate surface area is 434 Å². The van der Waals surface area contributed by atoms with Gasteiger partial charge in [0.25, 0.3) is 0 Å². The third-order valence-electron chi connectivity index (χ3n) is 15.0. The van der Waals surface area contributed by atoms with Crippen molar-refractivity contribution in [1.29, 1.82) is 0 Å². The molecule has 1 aliphatic carbocycles. The molecule has 0 atom stereocenters. The number of hydrogen-bond donors (Lipinski definition) is 0. The van der Waals surface area contributed by atoms with Gasteiger partial charge in [-0.25, -0.2) is 0 Å². The largest absolute Gasteiger partial charge is 0.289 e. The van der Waals surface area contributed by atoms with E-state index in [-0.39, 0.29) is 39.0 Å². The van der Waals surface area contributed by atoms with Gasteiger partial charge in [-0.15, -0.1) is 0 Å². The van der Waals surface area contributed by atoms with Gasteiger partial charge < -0.3 is 0 Å². The van der Waals surface area contributed by atoms with Gasteiger partial charge in [0, 0.05) is 33.4 Å². The van der Waals surface area contributed by atoms with Crippen molar-refractivity contribution in [3.63, 3.8) is 0 Å². The maximum Gasteiger partial charge on any atom is 0.193 e. The van der Waals surface area contributed by atoms with Crippen LogP contribution >= 0.6 is 0 Å². The number of rotatable bonds is 10. The van der Waals surface area contributed by atoms with Crippen molar-refractivity contribution < 1.29 is 14.4 Å². The maximum atomic E-state index is 15.2. The second-order valence-electron chi connectivity index (χ2n) is 24.2. The van der Waals surface area contributed by atoms with Crippen molar-refractivity contribution in [2.24, 2.45) is 0 Å². The zero-order valence-electron chi connectivity index (χ0n) is 44.8. The van der Waals surface area contributed by atoms with Crippen LogP contribution in [0.25, 0.3) is 16.7 Å². The first kappa shape index (κ1) is 50.5. The normalized spacial score (nSPS) is 13.3. The van der Waals surface area contributed by atoms with Gasteiger partial charge >= 0.3 is 0 Å². The summed E-state index contributed by atoms with van der Waals surface area (Å²) in [7, 11) is 0. The first-order valence-corrected chi connectivity index (χ1v) is 25.6. The number of benzene rings is 8. The highest BCUT2D eigenvalue weighted by Gasteiger charge is 2.47. The average Bonchev–Trinajstić information content (AvgIpc) is 3.67. The number of hydrogen-bond acceptors (Lipinski definition) is 3. The second kappa shape index (κ2) is 18.5. The molecule has 0 N–H and O–H groups in total. The van der Waals surface area contributed by atoms with Crippen LogP contribution in [0.5, 0.6) is 0 Å². The van der Waals surface area contributed by atoms with E-state index < -0.39 is 5.41 Å². The molecule has 9 rings (SSSR count). The number of ketones is 3. The lowest BCUT2D eigenvalue weighted by molar-refractivity contribution is 0.102. The summed E-state index contributed by atoms with van der Waals surface area (Å²) in [6, 6.07) is 60.9. The SMILES string of the molecule is C=C(c1ccc(C(C)(C)C)cc1)c1cc(C(=O)c2ccc(C(C)(C)C)cc2)cc(C2(c3cc(C(=O)c4ccc(C(C)(C)C)cc4)cc(C(=O)c4ccc(C(C)(C)C)cc4)c3)c3ccccc3-c3ccccc32)c1. The quantitative estimate of drug-likeness (QED) is 0.128. The summed E-state index contributed by atoms with van der Waals surface area (Å²) in [5, 5.41) is 0. The molecule has 0 spiro atoms. The van der Waals surface area contributed by atoms with E-state index in [9.17, 15) is 0 Å². The first-order chi connectivity index (χ1) is 34.3. The van der Waals surface area contributed by atoms with Crippen LogP contribution in [-0.4, -0.2) is 17.3 Å². The van der Waals surface area contributed by atoms with Gasteiger partial charge in [-0.05, 0) is 130 Å². The van der Waals surface area contributed by atoms with E-state index in [2.05, 4.69) is 162 Å². The summed E-state index contributed by atoms with van der Waals surface area (Å²) in [5.74, 6) is -0.500. The predicted molar refractivity (Wildman–Crippen MR) is 303 cm³/mol. The third-order valence-corrected chi connectivity index (χ3v) is 15.0. The molecule has 8 aromatic rings. The Morgan fingerprint density at radius 2 is 0.575 bits per heavy atom. The molecule has 8 aromatic carbocycles. The molecule has 0 fully saturated rings. The molecular weight excluding hydrogens is 889 g/mol. The van der Waals surface area contributed by atoms with Crippen LogP contribution in [0.1, 0.15) is 186 Å². The van der Waals surface area contributed by atoms with Gasteiger partial charge in [-0.3, -0.25) is 14.4 Å². The van der Waals surface area contributed by atoms with E-state index in [4.69, 9.17) is 6.58 Å². The molecule has 0 amide bonds. The zero-order valence-corrected chi connectivity index (χ0v) is 44.8. The third kappa shape index (κ3) is 9.54. The van der Waals surface area contributed by atoms with Crippen molar-refractivity contribution in [2.75, 3.05) is 0 Å². The fraction of sp³-hybridized carbons (Fsp3) is 0.243. The van der Waals surface area contributed by atoms with Crippen molar-refractivity contribution in [3.8, 4) is 11.1 Å². The molecule has 0 bridgehead atoms. The number of carbonyl (C=O) groups excluding carboxylic acids is 3. The van der Waals surface area contributed by atoms with Gasteiger partial charge in [0.2, 0.25) is 0 Å². The molecular formula is C70H68O3. The fourth-order valence-corrected chi connectivity index (χ4v) is 10.5. The molecule has 73 heavy (non-hydrogen) atoms. The fourth-order valence-electron chi connectivity index (χ4n) is 10.5. The van der Waals surface area contributed by atoms with Crippen LogP contribution in [0.15, 0.2) is 189 Å². The van der Waals surface area contributed by atoms with E-state index in [0.29, 0.717) is 33.4 Å². The van der Waals surface area contributed by atoms with Crippen molar-refractivity contribution in [2.45, 2.75) is 110 Å². The highest BCUT2D eigenvalue weighted by Crippen LogP contribution is 2.57. The Morgan fingerprint density at radius 1 is 0.315 bits per heavy atom. The predicted octanol–water partition coefficient (Wildman–Crippen LogP) is 17.0. The van der Waals surface area contributed by atoms with E-state index in [1.807, 2.05) is 97.1 Å². The molecule has 3 heteroatoms. The summed E-state index contributed by atoms with van der Waals surface area (Å²) < 4.78 is 0. The Hall–Kier alpha value is -7.49. The van der Waals surface area contributed by atoms with E-state index in [0.717, 1.165) is 66.8 Å². The monoisotopic (exact) mass is 957 g/mol. The molecule has 0 heterocycles. The Bertz CT molecular complexity index is 3030. The van der Waals surface area contributed by atoms with E-state index in [1.165, 1.54) is 5.56 Å². The highest BCUT2D eigenvalue weighted by molar-refractivity contribution is 6.14. The van der Waals surface area contributed by atoms with Crippen LogP contribution in [-0.2, 0) is 27.1 Å². The molecule has 0 unspecified atom stereocenters. The van der Waals surface area contributed by atoms with E-state index in [1.54, 1.807) is 6.07 Å². The molecule has 0 saturated carbocycles. The van der Waals surface area contributed by atoms with Gasteiger partial charge in [-0.2, -0.15) is 0 Å². The Balaban J connectivity index is 1.34. The number of fused-ring (bicyclic) bond motifs is 3. The Kier molecular flexibility index (Phi) is 12.8. The lowest BCUT2D eigenvalue weighted by Crippen LogP contribution is -2.30. The Morgan fingerprint density at radius 3 is 0.877 bits per heavy atom. The van der Waals surface area contributed by atoms with E-state index >= 15 is 14.4 Å². The number of carbonyl (C=O) groups is 3. The summed E-state index contributed by atoms with van der Waals surface area (Å²) in [6.07, 6.45) is 0. The van der Waals surface area contributed by atoms with Gasteiger partial charge in [0.05, 0.1) is 5.41 Å². The summed E-state index contributed by atoms with van der Waals surface area (Å²) in [6.45, 7) is 30.8. The minimum atomic E-state index is -1.12. The van der Waals surface area contributed by atoms with Crippen LogP contribution in [0, 0.1) is 0 Å². The molecule has 1 aliphatic rings. The smallest absolute Gasteiger partial charge is 0.193 e. The molecule has 0 aromatic heterocycles. The zero-order chi connectivity index (χ0) is 52.4. The topological polar surface area (TPSA) is 51.2 Å². The molecule has 366 valence electrons. The van der Waals surface area contributed by atoms with Crippen LogP contribution < -0.4 is 0 Å². The minimum Gasteiger partial charge on any atom is -0.289 e. The first-order valence-electron chi connectivity index (χ1n) is 25.6. The molecule has 0 aliphatic heterocycles. The maximum absolute atomic E-state index is 15.2.